The van der Waals surface area contributed by atoms with E-state index in [1.807, 2.05) is 18.9 Å². The minimum atomic E-state index is 0.0291. The lowest BCUT2D eigenvalue weighted by atomic mass is 9.96. The standard InChI is InChI=1S/C17H24Cl2N2O2/c1-12(10-20-2)17(22)21-5-3-13(4-6-21)11-23-16-8-14(18)7-15(19)9-16/h7-9,12-13,20H,3-6,10-11H2,1-2H3. The van der Waals surface area contributed by atoms with Crippen molar-refractivity contribution in [1.82, 2.24) is 10.2 Å². The van der Waals surface area contributed by atoms with E-state index in [1.54, 1.807) is 18.2 Å². The Bertz CT molecular complexity index is 511. The third-order valence-electron chi connectivity index (χ3n) is 4.18. The molecule has 23 heavy (non-hydrogen) atoms. The maximum Gasteiger partial charge on any atom is 0.226 e. The van der Waals surface area contributed by atoms with E-state index in [-0.39, 0.29) is 11.8 Å². The summed E-state index contributed by atoms with van der Waals surface area (Å²) in [4.78, 5) is 14.2. The Hall–Kier alpha value is -0.970. The number of amides is 1. The number of piperidine rings is 1. The van der Waals surface area contributed by atoms with E-state index in [9.17, 15) is 4.79 Å². The molecule has 1 saturated heterocycles. The molecule has 1 heterocycles. The number of halogens is 2. The average Bonchev–Trinajstić information content (AvgIpc) is 2.52. The van der Waals surface area contributed by atoms with Gasteiger partial charge < -0.3 is 15.0 Å². The van der Waals surface area contributed by atoms with Crippen molar-refractivity contribution >= 4 is 29.1 Å². The largest absolute Gasteiger partial charge is 0.493 e. The summed E-state index contributed by atoms with van der Waals surface area (Å²) in [6.45, 7) is 4.92. The number of hydrogen-bond acceptors (Lipinski definition) is 3. The first kappa shape index (κ1) is 18.4. The van der Waals surface area contributed by atoms with Gasteiger partial charge in [-0.15, -0.1) is 0 Å². The molecule has 6 heteroatoms. The highest BCUT2D eigenvalue weighted by Crippen LogP contribution is 2.26. The fraction of sp³-hybridized carbons (Fsp3) is 0.588. The van der Waals surface area contributed by atoms with Crippen molar-refractivity contribution in [3.63, 3.8) is 0 Å². The lowest BCUT2D eigenvalue weighted by molar-refractivity contribution is -0.136. The Balaban J connectivity index is 1.77. The molecule has 1 aliphatic heterocycles. The molecule has 0 aromatic heterocycles. The van der Waals surface area contributed by atoms with Crippen LogP contribution in [0.3, 0.4) is 0 Å². The van der Waals surface area contributed by atoms with Crippen molar-refractivity contribution in [2.75, 3.05) is 33.3 Å². The molecule has 1 amide bonds. The first-order valence-corrected chi connectivity index (χ1v) is 8.77. The van der Waals surface area contributed by atoms with Gasteiger partial charge in [0.05, 0.1) is 6.61 Å². The quantitative estimate of drug-likeness (QED) is 0.846. The average molecular weight is 359 g/mol. The van der Waals surface area contributed by atoms with Gasteiger partial charge in [0.25, 0.3) is 0 Å². The second-order valence-electron chi connectivity index (χ2n) is 6.14. The van der Waals surface area contributed by atoms with Crippen LogP contribution in [-0.2, 0) is 4.79 Å². The van der Waals surface area contributed by atoms with Gasteiger partial charge in [0.2, 0.25) is 5.91 Å². The van der Waals surface area contributed by atoms with Gasteiger partial charge in [-0.1, -0.05) is 30.1 Å². The number of nitrogens with zero attached hydrogens (tertiary/aromatic N) is 1. The molecule has 1 aromatic rings. The van der Waals surface area contributed by atoms with Crippen molar-refractivity contribution in [3.8, 4) is 5.75 Å². The molecular weight excluding hydrogens is 335 g/mol. The van der Waals surface area contributed by atoms with Crippen LogP contribution in [0.15, 0.2) is 18.2 Å². The normalized spacial score (nSPS) is 17.1. The summed E-state index contributed by atoms with van der Waals surface area (Å²) >= 11 is 11.9. The first-order valence-electron chi connectivity index (χ1n) is 8.02. The summed E-state index contributed by atoms with van der Waals surface area (Å²) < 4.78 is 5.81. The highest BCUT2D eigenvalue weighted by atomic mass is 35.5. The van der Waals surface area contributed by atoms with E-state index < -0.39 is 0 Å². The van der Waals surface area contributed by atoms with Crippen LogP contribution >= 0.6 is 23.2 Å². The maximum absolute atomic E-state index is 12.3. The summed E-state index contributed by atoms with van der Waals surface area (Å²) in [6.07, 6.45) is 1.93. The van der Waals surface area contributed by atoms with Gasteiger partial charge in [0.1, 0.15) is 5.75 Å². The fourth-order valence-corrected chi connectivity index (χ4v) is 3.36. The molecule has 4 nitrogen and oxygen atoms in total. The molecule has 1 fully saturated rings. The van der Waals surface area contributed by atoms with Crippen LogP contribution in [0.4, 0.5) is 0 Å². The SMILES string of the molecule is CNCC(C)C(=O)N1CCC(COc2cc(Cl)cc(Cl)c2)CC1. The third-order valence-corrected chi connectivity index (χ3v) is 4.62. The molecule has 0 aliphatic carbocycles. The molecule has 1 aromatic carbocycles. The van der Waals surface area contributed by atoms with Gasteiger partial charge >= 0.3 is 0 Å². The summed E-state index contributed by atoms with van der Waals surface area (Å²) in [6, 6.07) is 5.23. The number of carbonyl (C=O) groups is 1. The lowest BCUT2D eigenvalue weighted by Gasteiger charge is -2.33. The van der Waals surface area contributed by atoms with Crippen LogP contribution in [0.1, 0.15) is 19.8 Å². The van der Waals surface area contributed by atoms with Crippen molar-refractivity contribution in [1.29, 1.82) is 0 Å². The summed E-state index contributed by atoms with van der Waals surface area (Å²) in [5.41, 5.74) is 0. The minimum absolute atomic E-state index is 0.0291. The van der Waals surface area contributed by atoms with Crippen molar-refractivity contribution in [3.05, 3.63) is 28.2 Å². The highest BCUT2D eigenvalue weighted by molar-refractivity contribution is 6.34. The molecule has 1 unspecified atom stereocenters. The molecule has 0 spiro atoms. The first-order chi connectivity index (χ1) is 11.0. The zero-order valence-electron chi connectivity index (χ0n) is 13.6. The number of likely N-dealkylation sites (tertiary alicyclic amines) is 1. The number of benzene rings is 1. The second kappa shape index (κ2) is 8.76. The Morgan fingerprint density at radius 3 is 2.48 bits per heavy atom. The van der Waals surface area contributed by atoms with E-state index in [0.717, 1.165) is 32.5 Å². The second-order valence-corrected chi connectivity index (χ2v) is 7.02. The predicted octanol–water partition coefficient (Wildman–Crippen LogP) is 3.47. The van der Waals surface area contributed by atoms with Gasteiger partial charge in [0, 0.05) is 35.6 Å². The molecule has 128 valence electrons. The van der Waals surface area contributed by atoms with Crippen LogP contribution in [0, 0.1) is 11.8 Å². The Kier molecular flexibility index (Phi) is 7.00. The van der Waals surface area contributed by atoms with Gasteiger partial charge in [-0.05, 0) is 44.0 Å². The van der Waals surface area contributed by atoms with E-state index in [2.05, 4.69) is 5.32 Å². The van der Waals surface area contributed by atoms with Crippen molar-refractivity contribution in [2.45, 2.75) is 19.8 Å². The smallest absolute Gasteiger partial charge is 0.226 e. The number of hydrogen-bond donors (Lipinski definition) is 1. The zero-order valence-corrected chi connectivity index (χ0v) is 15.2. The molecule has 1 aliphatic rings. The van der Waals surface area contributed by atoms with Crippen LogP contribution in [0.2, 0.25) is 10.0 Å². The van der Waals surface area contributed by atoms with Crippen LogP contribution in [0.5, 0.6) is 5.75 Å². The molecular formula is C17H24Cl2N2O2. The molecule has 0 saturated carbocycles. The molecule has 0 bridgehead atoms. The van der Waals surface area contributed by atoms with Gasteiger partial charge in [-0.2, -0.15) is 0 Å². The predicted molar refractivity (Wildman–Crippen MR) is 94.4 cm³/mol. The number of carbonyl (C=O) groups excluding carboxylic acids is 1. The molecule has 1 N–H and O–H groups in total. The van der Waals surface area contributed by atoms with E-state index in [1.165, 1.54) is 0 Å². The topological polar surface area (TPSA) is 41.6 Å². The highest BCUT2D eigenvalue weighted by Gasteiger charge is 2.25. The van der Waals surface area contributed by atoms with E-state index in [0.29, 0.717) is 28.3 Å². The molecule has 1 atom stereocenters. The van der Waals surface area contributed by atoms with Crippen LogP contribution in [-0.4, -0.2) is 44.1 Å². The number of ether oxygens (including phenoxy) is 1. The monoisotopic (exact) mass is 358 g/mol. The van der Waals surface area contributed by atoms with E-state index >= 15 is 0 Å². The number of rotatable bonds is 6. The summed E-state index contributed by atoms with van der Waals surface area (Å²) in [5.74, 6) is 1.42. The third kappa shape index (κ3) is 5.55. The molecule has 0 radical (unpaired) electrons. The molecule has 2 rings (SSSR count). The van der Waals surface area contributed by atoms with Crippen LogP contribution < -0.4 is 10.1 Å². The van der Waals surface area contributed by atoms with Gasteiger partial charge in [-0.25, -0.2) is 0 Å². The maximum atomic E-state index is 12.3. The Labute approximate surface area is 148 Å². The minimum Gasteiger partial charge on any atom is -0.493 e. The summed E-state index contributed by atoms with van der Waals surface area (Å²) in [7, 11) is 1.87. The van der Waals surface area contributed by atoms with Crippen LogP contribution in [0.25, 0.3) is 0 Å². The summed E-state index contributed by atoms with van der Waals surface area (Å²) in [5, 5.41) is 4.21. The van der Waals surface area contributed by atoms with E-state index in [4.69, 9.17) is 27.9 Å². The van der Waals surface area contributed by atoms with Crippen molar-refractivity contribution < 1.29 is 9.53 Å². The van der Waals surface area contributed by atoms with Gasteiger partial charge in [0.15, 0.2) is 0 Å². The fourth-order valence-electron chi connectivity index (χ4n) is 2.85. The zero-order chi connectivity index (χ0) is 16.8. The lowest BCUT2D eigenvalue weighted by Crippen LogP contribution is -2.43. The number of nitrogens with one attached hydrogen (secondary N) is 1. The van der Waals surface area contributed by atoms with Gasteiger partial charge in [-0.3, -0.25) is 4.79 Å². The van der Waals surface area contributed by atoms with Crippen molar-refractivity contribution in [2.24, 2.45) is 11.8 Å². The Morgan fingerprint density at radius 2 is 1.91 bits per heavy atom. The Morgan fingerprint density at radius 1 is 1.30 bits per heavy atom.